The van der Waals surface area contributed by atoms with Crippen molar-refractivity contribution in [1.82, 2.24) is 19.7 Å². The van der Waals surface area contributed by atoms with Crippen LogP contribution in [-0.2, 0) is 21.4 Å². The van der Waals surface area contributed by atoms with E-state index in [1.54, 1.807) is 0 Å². The highest BCUT2D eigenvalue weighted by Crippen LogP contribution is 2.22. The molecule has 0 bridgehead atoms. The molecule has 0 atom stereocenters. The normalized spacial score (nSPS) is 11.7. The first-order valence-corrected chi connectivity index (χ1v) is 8.91. The molecule has 2 aromatic heterocycles. The number of thiazole rings is 1. The van der Waals surface area contributed by atoms with Gasteiger partial charge < -0.3 is 10.3 Å². The number of H-pyrrole nitrogens is 1. The number of aromatic amines is 1. The van der Waals surface area contributed by atoms with E-state index in [1.165, 1.54) is 13.1 Å². The fourth-order valence-corrected chi connectivity index (χ4v) is 4.02. The van der Waals surface area contributed by atoms with E-state index in [0.29, 0.717) is 5.82 Å². The predicted octanol–water partition coefficient (Wildman–Crippen LogP) is 1.46. The average molecular weight is 351 g/mol. The number of nitrogens with zero attached hydrogens (tertiary/aromatic N) is 2. The number of rotatable bonds is 5. The van der Waals surface area contributed by atoms with Gasteiger partial charge in [-0.05, 0) is 12.1 Å². The first-order valence-electron chi connectivity index (χ1n) is 6.61. The standard InChI is InChI=1S/C13H13N5O3S2/c1-8(19)16-13-14-7-12(22-13)23(20,21)15-6-11-17-9-4-2-3-5-10(9)18-11/h2-5,7,15H,6H2,1H3,(H,17,18)(H,14,16,19). The van der Waals surface area contributed by atoms with Gasteiger partial charge in [0.15, 0.2) is 9.34 Å². The fourth-order valence-electron chi connectivity index (χ4n) is 1.92. The highest BCUT2D eigenvalue weighted by atomic mass is 32.2. The van der Waals surface area contributed by atoms with Gasteiger partial charge in [0, 0.05) is 6.92 Å². The van der Waals surface area contributed by atoms with Crippen molar-refractivity contribution in [1.29, 1.82) is 0 Å². The van der Waals surface area contributed by atoms with E-state index < -0.39 is 10.0 Å². The van der Waals surface area contributed by atoms with Crippen LogP contribution in [0.4, 0.5) is 5.13 Å². The third-order valence-electron chi connectivity index (χ3n) is 2.90. The van der Waals surface area contributed by atoms with Crippen LogP contribution in [-0.4, -0.2) is 29.3 Å². The second kappa shape index (κ2) is 6.07. The van der Waals surface area contributed by atoms with E-state index in [1.807, 2.05) is 24.3 Å². The van der Waals surface area contributed by atoms with Gasteiger partial charge in [0.25, 0.3) is 10.0 Å². The van der Waals surface area contributed by atoms with Crippen molar-refractivity contribution in [3.8, 4) is 0 Å². The Bertz CT molecular complexity index is 928. The van der Waals surface area contributed by atoms with Gasteiger partial charge in [-0.2, -0.15) is 0 Å². The van der Waals surface area contributed by atoms with Crippen molar-refractivity contribution in [2.75, 3.05) is 5.32 Å². The summed E-state index contributed by atoms with van der Waals surface area (Å²) in [7, 11) is -3.72. The van der Waals surface area contributed by atoms with Crippen LogP contribution in [0.5, 0.6) is 0 Å². The number of fused-ring (bicyclic) bond motifs is 1. The van der Waals surface area contributed by atoms with Crippen LogP contribution in [0.25, 0.3) is 11.0 Å². The van der Waals surface area contributed by atoms with Gasteiger partial charge in [-0.25, -0.2) is 23.1 Å². The van der Waals surface area contributed by atoms with E-state index in [-0.39, 0.29) is 21.8 Å². The Kier molecular flexibility index (Phi) is 4.11. The van der Waals surface area contributed by atoms with Crippen LogP contribution in [0.2, 0.25) is 0 Å². The van der Waals surface area contributed by atoms with E-state index >= 15 is 0 Å². The van der Waals surface area contributed by atoms with Crippen LogP contribution in [0.3, 0.4) is 0 Å². The average Bonchev–Trinajstić information content (AvgIpc) is 3.11. The molecule has 0 fully saturated rings. The van der Waals surface area contributed by atoms with E-state index in [2.05, 4.69) is 25.0 Å². The summed E-state index contributed by atoms with van der Waals surface area (Å²) in [5.41, 5.74) is 1.61. The highest BCUT2D eigenvalue weighted by Gasteiger charge is 2.18. The molecular formula is C13H13N5O3S2. The Morgan fingerprint density at radius 2 is 2.13 bits per heavy atom. The summed E-state index contributed by atoms with van der Waals surface area (Å²) in [5, 5.41) is 2.68. The Morgan fingerprint density at radius 1 is 1.35 bits per heavy atom. The molecule has 3 N–H and O–H groups in total. The molecule has 1 aromatic carbocycles. The number of benzene rings is 1. The van der Waals surface area contributed by atoms with Crippen LogP contribution < -0.4 is 10.0 Å². The molecule has 0 radical (unpaired) electrons. The van der Waals surface area contributed by atoms with Crippen LogP contribution in [0, 0.1) is 0 Å². The molecule has 120 valence electrons. The lowest BCUT2D eigenvalue weighted by atomic mass is 10.3. The fraction of sp³-hybridized carbons (Fsp3) is 0.154. The molecule has 2 heterocycles. The third-order valence-corrected chi connectivity index (χ3v) is 5.68. The molecular weight excluding hydrogens is 338 g/mol. The summed E-state index contributed by atoms with van der Waals surface area (Å²) in [6.45, 7) is 1.36. The molecule has 0 spiro atoms. The first kappa shape index (κ1) is 15.6. The lowest BCUT2D eigenvalue weighted by Crippen LogP contribution is -2.23. The zero-order chi connectivity index (χ0) is 16.4. The molecule has 3 rings (SSSR count). The van der Waals surface area contributed by atoms with Gasteiger partial charge in [0.1, 0.15) is 5.82 Å². The molecule has 0 aliphatic rings. The first-order chi connectivity index (χ1) is 10.9. The lowest BCUT2D eigenvalue weighted by molar-refractivity contribution is -0.114. The number of carbonyl (C=O) groups excluding carboxylic acids is 1. The molecule has 3 aromatic rings. The van der Waals surface area contributed by atoms with Crippen LogP contribution in [0.1, 0.15) is 12.7 Å². The number of amides is 1. The lowest BCUT2D eigenvalue weighted by Gasteiger charge is -2.01. The monoisotopic (exact) mass is 351 g/mol. The van der Waals surface area contributed by atoms with E-state index in [0.717, 1.165) is 22.4 Å². The number of hydrogen-bond acceptors (Lipinski definition) is 6. The Labute approximate surface area is 136 Å². The number of aromatic nitrogens is 3. The number of sulfonamides is 1. The molecule has 23 heavy (non-hydrogen) atoms. The van der Waals surface area contributed by atoms with E-state index in [9.17, 15) is 13.2 Å². The van der Waals surface area contributed by atoms with Gasteiger partial charge in [0.2, 0.25) is 5.91 Å². The Balaban J connectivity index is 1.73. The number of nitrogens with one attached hydrogen (secondary N) is 3. The quantitative estimate of drug-likeness (QED) is 0.643. The van der Waals surface area contributed by atoms with Gasteiger partial charge in [0.05, 0.1) is 23.8 Å². The van der Waals surface area contributed by atoms with Crippen LogP contribution >= 0.6 is 11.3 Å². The molecule has 0 saturated carbocycles. The minimum Gasteiger partial charge on any atom is -0.341 e. The summed E-state index contributed by atoms with van der Waals surface area (Å²) >= 11 is 0.884. The molecule has 1 amide bonds. The SMILES string of the molecule is CC(=O)Nc1ncc(S(=O)(=O)NCc2nc3ccccc3[nH]2)s1. The minimum absolute atomic E-state index is 0.0253. The van der Waals surface area contributed by atoms with Gasteiger partial charge >= 0.3 is 0 Å². The summed E-state index contributed by atoms with van der Waals surface area (Å²) in [4.78, 5) is 22.1. The molecule has 0 aliphatic carbocycles. The summed E-state index contributed by atoms with van der Waals surface area (Å²) in [6, 6.07) is 7.43. The van der Waals surface area contributed by atoms with Gasteiger partial charge in [-0.3, -0.25) is 4.79 Å². The summed E-state index contributed by atoms with van der Waals surface area (Å²) in [5.74, 6) is 0.208. The molecule has 0 saturated heterocycles. The molecule has 8 nitrogen and oxygen atoms in total. The third kappa shape index (κ3) is 3.55. The van der Waals surface area contributed by atoms with Gasteiger partial charge in [-0.1, -0.05) is 23.5 Å². The molecule has 10 heteroatoms. The number of anilines is 1. The van der Waals surface area contributed by atoms with Crippen LogP contribution in [0.15, 0.2) is 34.7 Å². The zero-order valence-corrected chi connectivity index (χ0v) is 13.7. The van der Waals surface area contributed by atoms with Crippen molar-refractivity contribution < 1.29 is 13.2 Å². The van der Waals surface area contributed by atoms with Crippen molar-refractivity contribution in [3.63, 3.8) is 0 Å². The number of imidazole rings is 1. The zero-order valence-electron chi connectivity index (χ0n) is 12.0. The van der Waals surface area contributed by atoms with Crippen molar-refractivity contribution >= 4 is 43.4 Å². The summed E-state index contributed by atoms with van der Waals surface area (Å²) < 4.78 is 26.9. The van der Waals surface area contributed by atoms with Crippen molar-refractivity contribution in [2.24, 2.45) is 0 Å². The number of hydrogen-bond donors (Lipinski definition) is 3. The predicted molar refractivity (Wildman–Crippen MR) is 86.5 cm³/mol. The van der Waals surface area contributed by atoms with Crippen molar-refractivity contribution in [2.45, 2.75) is 17.7 Å². The smallest absolute Gasteiger partial charge is 0.252 e. The number of para-hydroxylation sites is 2. The van der Waals surface area contributed by atoms with Crippen molar-refractivity contribution in [3.05, 3.63) is 36.3 Å². The second-order valence-corrected chi connectivity index (χ2v) is 7.72. The highest BCUT2D eigenvalue weighted by molar-refractivity contribution is 7.91. The minimum atomic E-state index is -3.72. The van der Waals surface area contributed by atoms with E-state index in [4.69, 9.17) is 0 Å². The molecule has 0 aliphatic heterocycles. The molecule has 0 unspecified atom stereocenters. The maximum atomic E-state index is 12.2. The maximum absolute atomic E-state index is 12.2. The Morgan fingerprint density at radius 3 is 2.87 bits per heavy atom. The largest absolute Gasteiger partial charge is 0.341 e. The summed E-state index contributed by atoms with van der Waals surface area (Å²) in [6.07, 6.45) is 1.21. The topological polar surface area (TPSA) is 117 Å². The maximum Gasteiger partial charge on any atom is 0.252 e. The number of carbonyl (C=O) groups is 1. The Hall–Kier alpha value is -2.30. The van der Waals surface area contributed by atoms with Gasteiger partial charge in [-0.15, -0.1) is 0 Å². The second-order valence-electron chi connectivity index (χ2n) is 4.69.